The Bertz CT molecular complexity index is 1710. The number of halogens is 4. The van der Waals surface area contributed by atoms with Crippen molar-refractivity contribution in [3.05, 3.63) is 40.9 Å². The number of nitrogens with zero attached hydrogens (tertiary/aromatic N) is 4. The van der Waals surface area contributed by atoms with Gasteiger partial charge in [0, 0.05) is 30.5 Å². The van der Waals surface area contributed by atoms with Gasteiger partial charge in [0.2, 0.25) is 5.88 Å². The molecule has 0 spiro atoms. The zero-order valence-corrected chi connectivity index (χ0v) is 24.4. The lowest BCUT2D eigenvalue weighted by Gasteiger charge is -2.30. The monoisotopic (exact) mass is 617 g/mol. The first kappa shape index (κ1) is 29.5. The minimum atomic E-state index is -0.959. The molecule has 3 N–H and O–H groups in total. The molecule has 2 aliphatic heterocycles. The number of aromatic nitrogens is 3. The van der Waals surface area contributed by atoms with E-state index in [2.05, 4.69) is 25.2 Å². The Balaban J connectivity index is 1.55. The Labute approximate surface area is 250 Å². The normalized spacial score (nSPS) is 20.3. The van der Waals surface area contributed by atoms with E-state index >= 15 is 4.39 Å². The number of hydrogen-bond donors (Lipinski definition) is 3. The number of nitrogens with one attached hydrogen (secondary N) is 1. The van der Waals surface area contributed by atoms with Crippen LogP contribution in [0.4, 0.5) is 19.0 Å². The number of fused-ring (bicyclic) bond motifs is 3. The number of anilines is 1. The number of aliphatic hydroxyl groups is 1. The molecular weight excluding hydrogens is 587 g/mol. The van der Waals surface area contributed by atoms with Crippen LogP contribution >= 0.6 is 11.6 Å². The molecule has 0 aliphatic carbocycles. The highest BCUT2D eigenvalue weighted by atomic mass is 35.5. The van der Waals surface area contributed by atoms with Gasteiger partial charge >= 0.3 is 6.01 Å². The summed E-state index contributed by atoms with van der Waals surface area (Å²) in [4.78, 5) is 15.4. The standard InChI is InChI=1S/C30H31ClF3N5O4/c1-15(2)43-28-22-26(24(34)25(36-28)19-11-18(41)10-16-4-5-20(33)23(31)21(16)19)37-29(38-27(22)35-7-9-40)42-14-30-6-3-8-39(30)13-17(32)12-30/h4-5,10-11,15,17,40-41H,3,6-9,12-14H2,1-2H3,(H,35,37,38)/t17-,30+/m1/s1. The molecule has 13 heteroatoms. The second-order valence-electron chi connectivity index (χ2n) is 11.3. The van der Waals surface area contributed by atoms with Crippen LogP contribution in [0.5, 0.6) is 17.6 Å². The molecule has 2 saturated heterocycles. The van der Waals surface area contributed by atoms with Gasteiger partial charge in [-0.15, -0.1) is 0 Å². The SMILES string of the molecule is CC(C)Oc1nc(-c2cc(O)cc3ccc(F)c(Cl)c23)c(F)c2nc(OC[C@@]34CCCN3C[C@H](F)C4)nc(NCCO)c12. The van der Waals surface area contributed by atoms with Crippen molar-refractivity contribution in [1.82, 2.24) is 19.9 Å². The Kier molecular flexibility index (Phi) is 7.86. The van der Waals surface area contributed by atoms with Crippen LogP contribution in [-0.4, -0.2) is 80.7 Å². The molecule has 228 valence electrons. The topological polar surface area (TPSA) is 113 Å². The summed E-state index contributed by atoms with van der Waals surface area (Å²) in [6.07, 6.45) is 0.638. The Morgan fingerprint density at radius 1 is 1.19 bits per heavy atom. The van der Waals surface area contributed by atoms with Gasteiger partial charge in [0.15, 0.2) is 5.82 Å². The molecular formula is C30H31ClF3N5O4. The number of hydrogen-bond acceptors (Lipinski definition) is 9. The largest absolute Gasteiger partial charge is 0.508 e. The van der Waals surface area contributed by atoms with Crippen LogP contribution in [0.3, 0.4) is 0 Å². The van der Waals surface area contributed by atoms with Gasteiger partial charge < -0.3 is 25.0 Å². The molecule has 6 rings (SSSR count). The van der Waals surface area contributed by atoms with Crippen molar-refractivity contribution >= 4 is 39.1 Å². The minimum absolute atomic E-state index is 0.0267. The smallest absolute Gasteiger partial charge is 0.319 e. The zero-order chi connectivity index (χ0) is 30.5. The van der Waals surface area contributed by atoms with Gasteiger partial charge in [-0.2, -0.15) is 9.97 Å². The van der Waals surface area contributed by atoms with Gasteiger partial charge in [0.05, 0.1) is 23.3 Å². The number of phenols is 1. The van der Waals surface area contributed by atoms with Crippen molar-refractivity contribution < 1.29 is 32.9 Å². The predicted molar refractivity (Wildman–Crippen MR) is 157 cm³/mol. The van der Waals surface area contributed by atoms with Gasteiger partial charge in [-0.1, -0.05) is 17.7 Å². The molecule has 0 amide bonds. The summed E-state index contributed by atoms with van der Waals surface area (Å²) in [6.45, 7) is 4.57. The van der Waals surface area contributed by atoms with Gasteiger partial charge in [-0.25, -0.2) is 18.2 Å². The highest BCUT2D eigenvalue weighted by molar-refractivity contribution is 6.37. The van der Waals surface area contributed by atoms with Crippen molar-refractivity contribution in [1.29, 1.82) is 0 Å². The first-order valence-corrected chi connectivity index (χ1v) is 14.5. The third-order valence-electron chi connectivity index (χ3n) is 7.96. The molecule has 0 saturated carbocycles. The number of ether oxygens (including phenoxy) is 2. The molecule has 2 fully saturated rings. The maximum atomic E-state index is 16.6. The fourth-order valence-electron chi connectivity index (χ4n) is 6.19. The average molecular weight is 618 g/mol. The number of rotatable bonds is 9. The summed E-state index contributed by atoms with van der Waals surface area (Å²) >= 11 is 6.35. The molecule has 4 aromatic rings. The van der Waals surface area contributed by atoms with E-state index in [-0.39, 0.29) is 75.8 Å². The molecule has 2 aromatic carbocycles. The van der Waals surface area contributed by atoms with Crippen molar-refractivity contribution in [2.75, 3.05) is 38.2 Å². The van der Waals surface area contributed by atoms with E-state index in [0.29, 0.717) is 18.4 Å². The van der Waals surface area contributed by atoms with Crippen LogP contribution in [0.25, 0.3) is 32.9 Å². The number of phenolic OH excluding ortho intramolecular Hbond substituents is 1. The minimum Gasteiger partial charge on any atom is -0.508 e. The summed E-state index contributed by atoms with van der Waals surface area (Å²) in [6, 6.07) is 5.05. The highest BCUT2D eigenvalue weighted by Crippen LogP contribution is 2.43. The lowest BCUT2D eigenvalue weighted by molar-refractivity contribution is 0.107. The second-order valence-corrected chi connectivity index (χ2v) is 11.7. The summed E-state index contributed by atoms with van der Waals surface area (Å²) in [5, 5.41) is 23.3. The predicted octanol–water partition coefficient (Wildman–Crippen LogP) is 5.63. The third kappa shape index (κ3) is 5.36. The van der Waals surface area contributed by atoms with Crippen molar-refractivity contribution in [3.8, 4) is 28.9 Å². The van der Waals surface area contributed by atoms with Crippen molar-refractivity contribution in [2.45, 2.75) is 50.9 Å². The van der Waals surface area contributed by atoms with Crippen molar-refractivity contribution in [2.24, 2.45) is 0 Å². The number of alkyl halides is 1. The van der Waals surface area contributed by atoms with Gasteiger partial charge in [-0.05, 0) is 56.8 Å². The molecule has 43 heavy (non-hydrogen) atoms. The van der Waals surface area contributed by atoms with Crippen LogP contribution in [0.1, 0.15) is 33.1 Å². The Morgan fingerprint density at radius 3 is 2.77 bits per heavy atom. The first-order valence-electron chi connectivity index (χ1n) is 14.2. The Hall–Kier alpha value is -3.61. The van der Waals surface area contributed by atoms with Crippen LogP contribution < -0.4 is 14.8 Å². The second kappa shape index (κ2) is 11.5. The molecule has 9 nitrogen and oxygen atoms in total. The fourth-order valence-corrected chi connectivity index (χ4v) is 6.46. The van der Waals surface area contributed by atoms with Crippen LogP contribution in [-0.2, 0) is 0 Å². The van der Waals surface area contributed by atoms with Gasteiger partial charge in [0.25, 0.3) is 0 Å². The third-order valence-corrected chi connectivity index (χ3v) is 8.33. The molecule has 0 radical (unpaired) electrons. The summed E-state index contributed by atoms with van der Waals surface area (Å²) < 4.78 is 57.6. The van der Waals surface area contributed by atoms with E-state index in [1.165, 1.54) is 18.2 Å². The van der Waals surface area contributed by atoms with Crippen LogP contribution in [0.2, 0.25) is 5.02 Å². The summed E-state index contributed by atoms with van der Waals surface area (Å²) in [5.41, 5.74) is -0.971. The number of aliphatic hydroxyl groups excluding tert-OH is 1. The Morgan fingerprint density at radius 2 is 2.00 bits per heavy atom. The first-order chi connectivity index (χ1) is 20.6. The van der Waals surface area contributed by atoms with E-state index < -0.39 is 29.4 Å². The van der Waals surface area contributed by atoms with Gasteiger partial charge in [-0.3, -0.25) is 4.90 Å². The van der Waals surface area contributed by atoms with E-state index in [0.717, 1.165) is 25.5 Å². The highest BCUT2D eigenvalue weighted by Gasteiger charge is 2.49. The van der Waals surface area contributed by atoms with E-state index in [1.54, 1.807) is 13.8 Å². The van der Waals surface area contributed by atoms with E-state index in [9.17, 15) is 19.0 Å². The summed E-state index contributed by atoms with van der Waals surface area (Å²) in [7, 11) is 0. The molecule has 2 atom stereocenters. The van der Waals surface area contributed by atoms with Crippen molar-refractivity contribution in [3.63, 3.8) is 0 Å². The molecule has 2 aromatic heterocycles. The lowest BCUT2D eigenvalue weighted by atomic mass is 9.95. The van der Waals surface area contributed by atoms with E-state index in [1.807, 2.05) is 0 Å². The van der Waals surface area contributed by atoms with Crippen LogP contribution in [0.15, 0.2) is 24.3 Å². The average Bonchev–Trinajstić information content (AvgIpc) is 3.49. The quantitative estimate of drug-likeness (QED) is 0.220. The zero-order valence-electron chi connectivity index (χ0n) is 23.6. The molecule has 2 aliphatic rings. The fraction of sp³-hybridized carbons (Fsp3) is 0.433. The number of aromatic hydroxyl groups is 1. The molecule has 0 bridgehead atoms. The molecule has 0 unspecified atom stereocenters. The lowest BCUT2D eigenvalue weighted by Crippen LogP contribution is -2.43. The maximum Gasteiger partial charge on any atom is 0.319 e. The molecule has 4 heterocycles. The summed E-state index contributed by atoms with van der Waals surface area (Å²) in [5.74, 6) is -1.77. The van der Waals surface area contributed by atoms with E-state index in [4.69, 9.17) is 21.1 Å². The van der Waals surface area contributed by atoms with Crippen LogP contribution in [0, 0.1) is 11.6 Å². The number of pyridine rings is 1. The number of benzene rings is 2. The van der Waals surface area contributed by atoms with Gasteiger partial charge in [0.1, 0.15) is 46.8 Å². The maximum absolute atomic E-state index is 16.6.